The van der Waals surface area contributed by atoms with E-state index in [2.05, 4.69) is 29.9 Å². The Labute approximate surface area is 232 Å². The van der Waals surface area contributed by atoms with Gasteiger partial charge in [-0.1, -0.05) is 6.07 Å². The number of ether oxygens (including phenoxy) is 3. The van der Waals surface area contributed by atoms with E-state index in [1.54, 1.807) is 43.0 Å². The maximum absolute atomic E-state index is 13.8. The van der Waals surface area contributed by atoms with Gasteiger partial charge in [0, 0.05) is 30.4 Å². The monoisotopic (exact) mass is 569 g/mol. The van der Waals surface area contributed by atoms with Crippen LogP contribution in [-0.2, 0) is 14.8 Å². The molecule has 0 aliphatic heterocycles. The minimum atomic E-state index is -4.21. The number of methoxy groups -OCH3 is 2. The average molecular weight is 570 g/mol. The molecule has 14 heteroatoms. The Kier molecular flexibility index (Phi) is 8.92. The summed E-state index contributed by atoms with van der Waals surface area (Å²) in [4.78, 5) is 12.8. The molecule has 0 amide bonds. The highest BCUT2D eigenvalue weighted by molar-refractivity contribution is 7.93. The van der Waals surface area contributed by atoms with E-state index in [-0.39, 0.29) is 25.0 Å². The van der Waals surface area contributed by atoms with Gasteiger partial charge in [-0.05, 0) is 50.1 Å². The molecular formula is C26H31N7O6S. The summed E-state index contributed by atoms with van der Waals surface area (Å²) in [6.07, 6.45) is 5.35. The molecule has 13 nitrogen and oxygen atoms in total. The molecule has 212 valence electrons. The summed E-state index contributed by atoms with van der Waals surface area (Å²) in [6, 6.07) is 7.02. The van der Waals surface area contributed by atoms with E-state index in [0.717, 1.165) is 11.1 Å². The Bertz CT molecular complexity index is 1540. The van der Waals surface area contributed by atoms with Crippen LogP contribution in [0.1, 0.15) is 30.0 Å². The maximum atomic E-state index is 13.8. The molecule has 3 heterocycles. The highest BCUT2D eigenvalue weighted by Crippen LogP contribution is 2.38. The molecule has 0 spiro atoms. The molecular weight excluding hydrogens is 538 g/mol. The van der Waals surface area contributed by atoms with Gasteiger partial charge in [-0.25, -0.2) is 18.4 Å². The zero-order valence-corrected chi connectivity index (χ0v) is 23.6. The standard InChI is InChI=1S/C26H31N7O6S/c1-16-11-19(15-27-12-16)25-30-31-26(33(25)22-20(37-4)7-6-8-21(22)38-5)32-40(35,36)18(3)23(39-10-9-34)24-28-13-17(2)14-29-24/h6-8,11-15,18,23,34H,9-10H2,1-5H3,(H,31,32)/t18-,23-/m0/s1. The number of nitrogens with one attached hydrogen (secondary N) is 1. The van der Waals surface area contributed by atoms with Gasteiger partial charge in [0.2, 0.25) is 16.0 Å². The van der Waals surface area contributed by atoms with E-state index in [0.29, 0.717) is 28.6 Å². The number of rotatable bonds is 12. The molecule has 0 saturated carbocycles. The van der Waals surface area contributed by atoms with Crippen LogP contribution in [0.3, 0.4) is 0 Å². The first-order valence-electron chi connectivity index (χ1n) is 12.3. The van der Waals surface area contributed by atoms with Crippen LogP contribution in [0.15, 0.2) is 49.1 Å². The Hall–Kier alpha value is -4.14. The smallest absolute Gasteiger partial charge is 0.243 e. The van der Waals surface area contributed by atoms with Crippen LogP contribution >= 0.6 is 0 Å². The van der Waals surface area contributed by atoms with Crippen molar-refractivity contribution in [2.75, 3.05) is 32.2 Å². The number of pyridine rings is 1. The van der Waals surface area contributed by atoms with Crippen LogP contribution < -0.4 is 14.2 Å². The van der Waals surface area contributed by atoms with Crippen LogP contribution in [0, 0.1) is 13.8 Å². The number of aryl methyl sites for hydroxylation is 2. The zero-order valence-electron chi connectivity index (χ0n) is 22.8. The van der Waals surface area contributed by atoms with Crippen LogP contribution in [0.4, 0.5) is 5.95 Å². The first kappa shape index (κ1) is 28.9. The van der Waals surface area contributed by atoms with Crippen LogP contribution in [-0.4, -0.2) is 75.9 Å². The fourth-order valence-corrected chi connectivity index (χ4v) is 5.11. The second-order valence-corrected chi connectivity index (χ2v) is 11.0. The molecule has 1 aromatic carbocycles. The van der Waals surface area contributed by atoms with Crippen LogP contribution in [0.5, 0.6) is 11.5 Å². The number of para-hydroxylation sites is 1. The highest BCUT2D eigenvalue weighted by Gasteiger charge is 2.35. The zero-order chi connectivity index (χ0) is 28.9. The Balaban J connectivity index is 1.83. The van der Waals surface area contributed by atoms with Crippen molar-refractivity contribution in [1.29, 1.82) is 0 Å². The normalized spacial score (nSPS) is 13.1. The Morgan fingerprint density at radius 3 is 2.27 bits per heavy atom. The molecule has 0 aliphatic carbocycles. The van der Waals surface area contributed by atoms with Gasteiger partial charge in [0.15, 0.2) is 11.6 Å². The predicted molar refractivity (Wildman–Crippen MR) is 147 cm³/mol. The highest BCUT2D eigenvalue weighted by atomic mass is 32.2. The molecule has 0 aliphatic rings. The second-order valence-electron chi connectivity index (χ2n) is 8.93. The molecule has 40 heavy (non-hydrogen) atoms. The number of hydrogen-bond donors (Lipinski definition) is 2. The van der Waals surface area contributed by atoms with Crippen molar-refractivity contribution in [3.05, 3.63) is 66.0 Å². The quantitative estimate of drug-likeness (QED) is 0.258. The number of anilines is 1. The SMILES string of the molecule is COc1cccc(OC)c1-n1c(NS(=O)(=O)[C@@H](C)[C@H](OCCO)c2ncc(C)cn2)nnc1-c1cncc(C)c1. The topological polar surface area (TPSA) is 163 Å². The number of hydrogen-bond acceptors (Lipinski definition) is 11. The molecule has 4 rings (SSSR count). The molecule has 2 atom stereocenters. The summed E-state index contributed by atoms with van der Waals surface area (Å²) in [5.74, 6) is 1.14. The van der Waals surface area contributed by atoms with Crippen molar-refractivity contribution < 1.29 is 27.7 Å². The van der Waals surface area contributed by atoms with Crippen molar-refractivity contribution in [3.8, 4) is 28.6 Å². The molecule has 3 aromatic heterocycles. The lowest BCUT2D eigenvalue weighted by molar-refractivity contribution is 0.0227. The second kappa shape index (κ2) is 12.4. The van der Waals surface area contributed by atoms with Crippen LogP contribution in [0.25, 0.3) is 17.1 Å². The first-order valence-corrected chi connectivity index (χ1v) is 13.9. The van der Waals surface area contributed by atoms with E-state index in [1.807, 2.05) is 19.9 Å². The van der Waals surface area contributed by atoms with E-state index in [1.165, 1.54) is 25.7 Å². The van der Waals surface area contributed by atoms with Crippen molar-refractivity contribution in [2.45, 2.75) is 32.1 Å². The number of aliphatic hydroxyl groups is 1. The summed E-state index contributed by atoms with van der Waals surface area (Å²) < 4.78 is 48.5. The van der Waals surface area contributed by atoms with Gasteiger partial charge in [0.05, 0.1) is 27.4 Å². The van der Waals surface area contributed by atoms with Gasteiger partial charge < -0.3 is 19.3 Å². The fourth-order valence-electron chi connectivity index (χ4n) is 4.01. The van der Waals surface area contributed by atoms with E-state index < -0.39 is 21.4 Å². The average Bonchev–Trinajstić information content (AvgIpc) is 3.35. The van der Waals surface area contributed by atoms with Crippen LogP contribution in [0.2, 0.25) is 0 Å². The van der Waals surface area contributed by atoms with Gasteiger partial charge in [0.1, 0.15) is 28.5 Å². The first-order chi connectivity index (χ1) is 19.2. The summed E-state index contributed by atoms with van der Waals surface area (Å²) in [7, 11) is -1.22. The van der Waals surface area contributed by atoms with E-state index in [9.17, 15) is 13.5 Å². The Morgan fingerprint density at radius 1 is 1.00 bits per heavy atom. The molecule has 0 unspecified atom stereocenters. The predicted octanol–water partition coefficient (Wildman–Crippen LogP) is 2.63. The summed E-state index contributed by atoms with van der Waals surface area (Å²) in [6.45, 7) is 4.74. The van der Waals surface area contributed by atoms with Gasteiger partial charge in [0.25, 0.3) is 0 Å². The third-order valence-corrected chi connectivity index (χ3v) is 7.71. The van der Waals surface area contributed by atoms with Gasteiger partial charge in [-0.3, -0.25) is 14.3 Å². The number of aromatic nitrogens is 6. The summed E-state index contributed by atoms with van der Waals surface area (Å²) in [5, 5.41) is 16.6. The van der Waals surface area contributed by atoms with Gasteiger partial charge in [-0.15, -0.1) is 10.2 Å². The molecule has 0 saturated heterocycles. The minimum Gasteiger partial charge on any atom is -0.494 e. The molecule has 0 bridgehead atoms. The lowest BCUT2D eigenvalue weighted by atomic mass is 10.2. The van der Waals surface area contributed by atoms with Crippen molar-refractivity contribution >= 4 is 16.0 Å². The lowest BCUT2D eigenvalue weighted by Crippen LogP contribution is -2.34. The maximum Gasteiger partial charge on any atom is 0.243 e. The minimum absolute atomic E-state index is 0.110. The van der Waals surface area contributed by atoms with Gasteiger partial charge >= 0.3 is 0 Å². The molecule has 4 aromatic rings. The number of benzene rings is 1. The lowest BCUT2D eigenvalue weighted by Gasteiger charge is -2.24. The van der Waals surface area contributed by atoms with E-state index >= 15 is 0 Å². The number of sulfonamides is 1. The number of nitrogens with zero attached hydrogens (tertiary/aromatic N) is 6. The van der Waals surface area contributed by atoms with Crippen molar-refractivity contribution in [1.82, 2.24) is 29.7 Å². The molecule has 2 N–H and O–H groups in total. The summed E-state index contributed by atoms with van der Waals surface area (Å²) in [5.41, 5.74) is 2.65. The number of aliphatic hydroxyl groups excluding tert-OH is 1. The third-order valence-electron chi connectivity index (χ3n) is 6.02. The molecule has 0 fully saturated rings. The summed E-state index contributed by atoms with van der Waals surface area (Å²) >= 11 is 0. The van der Waals surface area contributed by atoms with Crippen molar-refractivity contribution in [3.63, 3.8) is 0 Å². The molecule has 0 radical (unpaired) electrons. The van der Waals surface area contributed by atoms with Gasteiger partial charge in [-0.2, -0.15) is 0 Å². The third kappa shape index (κ3) is 6.03. The van der Waals surface area contributed by atoms with E-state index in [4.69, 9.17) is 14.2 Å². The fraction of sp³-hybridized carbons (Fsp3) is 0.346. The Morgan fingerprint density at radius 2 is 1.68 bits per heavy atom. The largest absolute Gasteiger partial charge is 0.494 e. The van der Waals surface area contributed by atoms with Crippen molar-refractivity contribution in [2.24, 2.45) is 0 Å².